The van der Waals surface area contributed by atoms with E-state index in [1.807, 2.05) is 0 Å². The van der Waals surface area contributed by atoms with E-state index in [-0.39, 0.29) is 30.3 Å². The zero-order valence-corrected chi connectivity index (χ0v) is 19.7. The van der Waals surface area contributed by atoms with Gasteiger partial charge in [-0.1, -0.05) is 25.3 Å². The number of nitrogens with one attached hydrogen (secondary N) is 4. The number of rotatable bonds is 11. The zero-order valence-electron chi connectivity index (χ0n) is 19.7. The molecule has 0 saturated heterocycles. The largest absolute Gasteiger partial charge is 0.385 e. The Bertz CT molecular complexity index is 956. The van der Waals surface area contributed by atoms with Crippen LogP contribution in [0.4, 0.5) is 11.4 Å². The van der Waals surface area contributed by atoms with Crippen LogP contribution in [-0.4, -0.2) is 50.6 Å². The molecule has 0 aromatic heterocycles. The second-order valence-corrected chi connectivity index (χ2v) is 8.47. The number of hydrogen-bond acceptors (Lipinski definition) is 5. The normalized spacial score (nSPS) is 13.7. The lowest BCUT2D eigenvalue weighted by molar-refractivity contribution is -0.114. The Morgan fingerprint density at radius 2 is 1.68 bits per heavy atom. The number of amides is 3. The van der Waals surface area contributed by atoms with Gasteiger partial charge in [-0.25, -0.2) is 0 Å². The van der Waals surface area contributed by atoms with Crippen molar-refractivity contribution in [1.82, 2.24) is 10.6 Å². The number of methoxy groups -OCH3 is 1. The standard InChI is InChI=1S/C26H34N4O4/c1-34-16-6-15-27-25(32)20-7-5-10-23(17-20)28-18-24(31)29-22-13-11-19(12-14-22)26(33)30-21-8-3-2-4-9-21/h5,7,10-14,17,21,28H,2-4,6,8-9,15-16,18H2,1H3,(H,27,32)(H,29,31)(H,30,33). The summed E-state index contributed by atoms with van der Waals surface area (Å²) in [6.07, 6.45) is 6.38. The third kappa shape index (κ3) is 8.19. The summed E-state index contributed by atoms with van der Waals surface area (Å²) in [6.45, 7) is 1.17. The van der Waals surface area contributed by atoms with Crippen LogP contribution in [0.1, 0.15) is 59.2 Å². The molecule has 1 fully saturated rings. The quantitative estimate of drug-likeness (QED) is 0.379. The average molecular weight is 467 g/mol. The van der Waals surface area contributed by atoms with Gasteiger partial charge in [0.25, 0.3) is 11.8 Å². The molecule has 0 bridgehead atoms. The van der Waals surface area contributed by atoms with Gasteiger partial charge in [0.1, 0.15) is 0 Å². The van der Waals surface area contributed by atoms with Crippen LogP contribution in [0.3, 0.4) is 0 Å². The van der Waals surface area contributed by atoms with E-state index in [0.29, 0.717) is 35.7 Å². The third-order valence-corrected chi connectivity index (χ3v) is 5.76. The lowest BCUT2D eigenvalue weighted by atomic mass is 9.95. The molecule has 8 heteroatoms. The van der Waals surface area contributed by atoms with E-state index in [0.717, 1.165) is 32.1 Å². The number of carbonyl (C=O) groups is 3. The summed E-state index contributed by atoms with van der Waals surface area (Å²) >= 11 is 0. The molecule has 1 aliphatic rings. The molecular formula is C26H34N4O4. The number of carbonyl (C=O) groups excluding carboxylic acids is 3. The first-order chi connectivity index (χ1) is 16.5. The summed E-state index contributed by atoms with van der Waals surface area (Å²) in [6, 6.07) is 14.1. The highest BCUT2D eigenvalue weighted by molar-refractivity contribution is 5.97. The molecule has 34 heavy (non-hydrogen) atoms. The summed E-state index contributed by atoms with van der Waals surface area (Å²) in [7, 11) is 1.62. The van der Waals surface area contributed by atoms with Crippen molar-refractivity contribution in [1.29, 1.82) is 0 Å². The number of anilines is 2. The molecule has 1 aliphatic carbocycles. The van der Waals surface area contributed by atoms with Gasteiger partial charge < -0.3 is 26.0 Å². The van der Waals surface area contributed by atoms with E-state index < -0.39 is 0 Å². The maximum Gasteiger partial charge on any atom is 0.251 e. The van der Waals surface area contributed by atoms with E-state index >= 15 is 0 Å². The Hall–Kier alpha value is -3.39. The number of hydrogen-bond donors (Lipinski definition) is 4. The van der Waals surface area contributed by atoms with E-state index in [1.165, 1.54) is 6.42 Å². The summed E-state index contributed by atoms with van der Waals surface area (Å²) in [5.74, 6) is -0.472. The molecule has 0 unspecified atom stereocenters. The first kappa shape index (κ1) is 25.2. The molecule has 0 aliphatic heterocycles. The monoisotopic (exact) mass is 466 g/mol. The fourth-order valence-electron chi connectivity index (χ4n) is 3.90. The molecule has 2 aromatic carbocycles. The van der Waals surface area contributed by atoms with Gasteiger partial charge in [0.05, 0.1) is 6.54 Å². The van der Waals surface area contributed by atoms with E-state index in [1.54, 1.807) is 55.6 Å². The van der Waals surface area contributed by atoms with Gasteiger partial charge in [-0.2, -0.15) is 0 Å². The Balaban J connectivity index is 1.44. The lowest BCUT2D eigenvalue weighted by Crippen LogP contribution is -2.36. The second kappa shape index (κ2) is 13.3. The molecule has 0 radical (unpaired) electrons. The zero-order chi connectivity index (χ0) is 24.2. The molecular weight excluding hydrogens is 432 g/mol. The van der Waals surface area contributed by atoms with Gasteiger partial charge >= 0.3 is 0 Å². The Morgan fingerprint density at radius 1 is 0.912 bits per heavy atom. The highest BCUT2D eigenvalue weighted by Gasteiger charge is 2.16. The number of benzene rings is 2. The van der Waals surface area contributed by atoms with Gasteiger partial charge in [-0.15, -0.1) is 0 Å². The minimum atomic E-state index is -0.228. The van der Waals surface area contributed by atoms with Gasteiger partial charge in [0.2, 0.25) is 5.91 Å². The first-order valence-electron chi connectivity index (χ1n) is 11.9. The third-order valence-electron chi connectivity index (χ3n) is 5.76. The van der Waals surface area contributed by atoms with E-state index in [4.69, 9.17) is 4.74 Å². The number of ether oxygens (including phenoxy) is 1. The van der Waals surface area contributed by atoms with Crippen LogP contribution < -0.4 is 21.3 Å². The second-order valence-electron chi connectivity index (χ2n) is 8.47. The molecule has 3 amide bonds. The van der Waals surface area contributed by atoms with Crippen molar-refractivity contribution in [3.05, 3.63) is 59.7 Å². The van der Waals surface area contributed by atoms with Gasteiger partial charge in [0, 0.05) is 48.8 Å². The summed E-state index contributed by atoms with van der Waals surface area (Å²) in [5.41, 5.74) is 2.39. The Kier molecular flexibility index (Phi) is 9.91. The molecule has 3 rings (SSSR count). The van der Waals surface area contributed by atoms with Crippen LogP contribution in [0.15, 0.2) is 48.5 Å². The summed E-state index contributed by atoms with van der Waals surface area (Å²) in [4.78, 5) is 37.0. The minimum absolute atomic E-state index is 0.0445. The maximum atomic E-state index is 12.4. The molecule has 0 atom stereocenters. The van der Waals surface area contributed by atoms with E-state index in [9.17, 15) is 14.4 Å². The fourth-order valence-corrected chi connectivity index (χ4v) is 3.90. The van der Waals surface area contributed by atoms with Crippen molar-refractivity contribution in [2.75, 3.05) is 37.4 Å². The van der Waals surface area contributed by atoms with Crippen molar-refractivity contribution in [2.45, 2.75) is 44.6 Å². The van der Waals surface area contributed by atoms with Crippen molar-refractivity contribution < 1.29 is 19.1 Å². The Morgan fingerprint density at radius 3 is 2.41 bits per heavy atom. The predicted molar refractivity (Wildman–Crippen MR) is 133 cm³/mol. The molecule has 2 aromatic rings. The predicted octanol–water partition coefficient (Wildman–Crippen LogP) is 3.57. The molecule has 8 nitrogen and oxygen atoms in total. The summed E-state index contributed by atoms with van der Waals surface area (Å²) < 4.78 is 4.97. The van der Waals surface area contributed by atoms with Crippen LogP contribution in [0.2, 0.25) is 0 Å². The fraction of sp³-hybridized carbons (Fsp3) is 0.423. The van der Waals surface area contributed by atoms with Crippen LogP contribution in [0.5, 0.6) is 0 Å². The smallest absolute Gasteiger partial charge is 0.251 e. The van der Waals surface area contributed by atoms with Crippen LogP contribution in [-0.2, 0) is 9.53 Å². The molecule has 0 heterocycles. The Labute approximate surface area is 200 Å². The molecule has 182 valence electrons. The molecule has 1 saturated carbocycles. The van der Waals surface area contributed by atoms with Gasteiger partial charge in [-0.05, 0) is 61.7 Å². The molecule has 4 N–H and O–H groups in total. The maximum absolute atomic E-state index is 12.4. The highest BCUT2D eigenvalue weighted by Crippen LogP contribution is 2.18. The van der Waals surface area contributed by atoms with Crippen molar-refractivity contribution in [3.63, 3.8) is 0 Å². The minimum Gasteiger partial charge on any atom is -0.385 e. The van der Waals surface area contributed by atoms with Crippen LogP contribution >= 0.6 is 0 Å². The van der Waals surface area contributed by atoms with Gasteiger partial charge in [0.15, 0.2) is 0 Å². The van der Waals surface area contributed by atoms with Crippen LogP contribution in [0, 0.1) is 0 Å². The topological polar surface area (TPSA) is 109 Å². The van der Waals surface area contributed by atoms with Crippen LogP contribution in [0.25, 0.3) is 0 Å². The molecule has 0 spiro atoms. The van der Waals surface area contributed by atoms with Crippen molar-refractivity contribution >= 4 is 29.1 Å². The SMILES string of the molecule is COCCCNC(=O)c1cccc(NCC(=O)Nc2ccc(C(=O)NC3CCCCC3)cc2)c1. The van der Waals surface area contributed by atoms with Gasteiger partial charge in [-0.3, -0.25) is 14.4 Å². The van der Waals surface area contributed by atoms with Crippen molar-refractivity contribution in [2.24, 2.45) is 0 Å². The van der Waals surface area contributed by atoms with Crippen molar-refractivity contribution in [3.8, 4) is 0 Å². The first-order valence-corrected chi connectivity index (χ1v) is 11.9. The van der Waals surface area contributed by atoms with E-state index in [2.05, 4.69) is 21.3 Å². The average Bonchev–Trinajstić information content (AvgIpc) is 2.86. The lowest BCUT2D eigenvalue weighted by Gasteiger charge is -2.22. The highest BCUT2D eigenvalue weighted by atomic mass is 16.5. The summed E-state index contributed by atoms with van der Waals surface area (Å²) in [5, 5.41) is 11.8.